The molecule has 140 valence electrons. The van der Waals surface area contributed by atoms with E-state index in [-0.39, 0.29) is 0 Å². The number of ether oxygens (including phenoxy) is 1. The van der Waals surface area contributed by atoms with Crippen LogP contribution >= 0.6 is 34.8 Å². The van der Waals surface area contributed by atoms with Crippen molar-refractivity contribution in [3.63, 3.8) is 0 Å². The molecule has 1 aliphatic rings. The smallest absolute Gasteiger partial charge is 0.133 e. The summed E-state index contributed by atoms with van der Waals surface area (Å²) < 4.78 is 7.40. The number of hydrogen-bond acceptors (Lipinski definition) is 3. The zero-order valence-corrected chi connectivity index (χ0v) is 17.0. The summed E-state index contributed by atoms with van der Waals surface area (Å²) >= 11 is 18.9. The van der Waals surface area contributed by atoms with Gasteiger partial charge in [-0.3, -0.25) is 0 Å². The first-order chi connectivity index (χ1) is 13.1. The molecule has 0 fully saturated rings. The molecule has 0 atom stereocenters. The molecule has 27 heavy (non-hydrogen) atoms. The first-order valence-corrected chi connectivity index (χ1v) is 9.87. The van der Waals surface area contributed by atoms with Crippen molar-refractivity contribution in [1.82, 2.24) is 9.78 Å². The maximum Gasteiger partial charge on any atom is 0.133 e. The molecule has 0 aliphatic carbocycles. The molecule has 0 amide bonds. The highest BCUT2D eigenvalue weighted by Gasteiger charge is 2.24. The molecule has 2 aromatic carbocycles. The zero-order chi connectivity index (χ0) is 19.0. The van der Waals surface area contributed by atoms with Crippen LogP contribution in [0.15, 0.2) is 36.4 Å². The summed E-state index contributed by atoms with van der Waals surface area (Å²) in [6.45, 7) is 0.878. The average Bonchev–Trinajstić information content (AvgIpc) is 2.84. The molecule has 0 spiro atoms. The molecular weight excluding hydrogens is 405 g/mol. The third-order valence-electron chi connectivity index (χ3n) is 4.68. The lowest BCUT2D eigenvalue weighted by Gasteiger charge is -2.11. The molecule has 0 bridgehead atoms. The fraction of sp³-hybridized carbons (Fsp3) is 0.250. The Labute approximate surface area is 173 Å². The van der Waals surface area contributed by atoms with E-state index in [2.05, 4.69) is 5.32 Å². The third kappa shape index (κ3) is 3.49. The molecule has 0 saturated heterocycles. The Hall–Kier alpha value is -1.88. The number of halogens is 3. The number of nitrogens with one attached hydrogen (secondary N) is 1. The second-order valence-corrected chi connectivity index (χ2v) is 7.69. The second kappa shape index (κ2) is 7.63. The lowest BCUT2D eigenvalue weighted by molar-refractivity contribution is 0.416. The second-order valence-electron chi connectivity index (χ2n) is 6.41. The number of anilines is 1. The number of benzene rings is 2. The SMILES string of the molecule is COc1ccc(Cl)cc1-c1nn(-c2cc(Cl)ccc2Cl)c2c1CCCCN2. The standard InChI is InChI=1S/C20H18Cl3N3O/c1-27-18-8-6-12(21)10-15(18)19-14-4-2-3-9-24-20(14)26(25-19)17-11-13(22)5-7-16(17)23/h5-8,10-11,24H,2-4,9H2,1H3. The summed E-state index contributed by atoms with van der Waals surface area (Å²) in [7, 11) is 1.65. The van der Waals surface area contributed by atoms with Gasteiger partial charge in [-0.05, 0) is 55.7 Å². The molecule has 4 rings (SSSR count). The molecule has 4 nitrogen and oxygen atoms in total. The van der Waals surface area contributed by atoms with Crippen LogP contribution in [0.25, 0.3) is 16.9 Å². The summed E-state index contributed by atoms with van der Waals surface area (Å²) in [5.41, 5.74) is 3.57. The van der Waals surface area contributed by atoms with E-state index in [0.29, 0.717) is 15.1 Å². The van der Waals surface area contributed by atoms with Crippen LogP contribution in [-0.2, 0) is 6.42 Å². The van der Waals surface area contributed by atoms with Gasteiger partial charge in [0.2, 0.25) is 0 Å². The highest BCUT2D eigenvalue weighted by Crippen LogP contribution is 2.40. The Balaban J connectivity index is 1.98. The number of rotatable bonds is 3. The molecule has 1 N–H and O–H groups in total. The minimum absolute atomic E-state index is 0.584. The Morgan fingerprint density at radius 2 is 1.81 bits per heavy atom. The molecular formula is C20H18Cl3N3O. The minimum atomic E-state index is 0.584. The van der Waals surface area contributed by atoms with E-state index in [1.165, 1.54) is 0 Å². The van der Waals surface area contributed by atoms with Gasteiger partial charge in [0.1, 0.15) is 17.3 Å². The molecule has 1 aromatic heterocycles. The predicted molar refractivity (Wildman–Crippen MR) is 112 cm³/mol. The fourth-order valence-electron chi connectivity index (χ4n) is 3.41. The van der Waals surface area contributed by atoms with Crippen LogP contribution in [-0.4, -0.2) is 23.4 Å². The zero-order valence-electron chi connectivity index (χ0n) is 14.7. The van der Waals surface area contributed by atoms with E-state index in [1.807, 2.05) is 28.9 Å². The van der Waals surface area contributed by atoms with Crippen molar-refractivity contribution in [2.24, 2.45) is 0 Å². The summed E-state index contributed by atoms with van der Waals surface area (Å²) in [4.78, 5) is 0. The molecule has 0 unspecified atom stereocenters. The van der Waals surface area contributed by atoms with Gasteiger partial charge >= 0.3 is 0 Å². The Morgan fingerprint density at radius 3 is 2.63 bits per heavy atom. The maximum atomic E-state index is 6.46. The summed E-state index contributed by atoms with van der Waals surface area (Å²) in [5, 5.41) is 10.2. The van der Waals surface area contributed by atoms with Gasteiger partial charge in [0, 0.05) is 27.7 Å². The van der Waals surface area contributed by atoms with E-state index in [0.717, 1.165) is 59.9 Å². The van der Waals surface area contributed by atoms with Crippen molar-refractivity contribution in [2.75, 3.05) is 19.0 Å². The van der Waals surface area contributed by atoms with E-state index >= 15 is 0 Å². The minimum Gasteiger partial charge on any atom is -0.496 e. The number of aromatic nitrogens is 2. The van der Waals surface area contributed by atoms with Gasteiger partial charge in [0.05, 0.1) is 17.8 Å². The molecule has 0 radical (unpaired) electrons. The maximum absolute atomic E-state index is 6.46. The lowest BCUT2D eigenvalue weighted by atomic mass is 10.0. The average molecular weight is 423 g/mol. The van der Waals surface area contributed by atoms with Crippen molar-refractivity contribution in [2.45, 2.75) is 19.3 Å². The monoisotopic (exact) mass is 421 g/mol. The number of fused-ring (bicyclic) bond motifs is 1. The van der Waals surface area contributed by atoms with Crippen molar-refractivity contribution in [3.05, 3.63) is 57.0 Å². The van der Waals surface area contributed by atoms with Gasteiger partial charge in [0.25, 0.3) is 0 Å². The first kappa shape index (κ1) is 18.5. The Bertz CT molecular complexity index is 1000. The third-order valence-corrected chi connectivity index (χ3v) is 5.47. The normalized spacial score (nSPS) is 13.6. The summed E-state index contributed by atoms with van der Waals surface area (Å²) in [6.07, 6.45) is 3.07. The van der Waals surface area contributed by atoms with Crippen molar-refractivity contribution >= 4 is 40.6 Å². The van der Waals surface area contributed by atoms with Crippen molar-refractivity contribution in [3.8, 4) is 22.7 Å². The first-order valence-electron chi connectivity index (χ1n) is 8.73. The van der Waals surface area contributed by atoms with Gasteiger partial charge in [-0.1, -0.05) is 34.8 Å². The largest absolute Gasteiger partial charge is 0.496 e. The highest BCUT2D eigenvalue weighted by atomic mass is 35.5. The Morgan fingerprint density at radius 1 is 1.04 bits per heavy atom. The molecule has 1 aliphatic heterocycles. The van der Waals surface area contributed by atoms with Crippen molar-refractivity contribution in [1.29, 1.82) is 0 Å². The van der Waals surface area contributed by atoms with Crippen LogP contribution < -0.4 is 10.1 Å². The molecule has 7 heteroatoms. The number of methoxy groups -OCH3 is 1. The predicted octanol–water partition coefficient (Wildman–Crippen LogP) is 6.26. The number of hydrogen-bond donors (Lipinski definition) is 1. The highest BCUT2D eigenvalue weighted by molar-refractivity contribution is 6.34. The van der Waals surface area contributed by atoms with Gasteiger partial charge < -0.3 is 10.1 Å². The van der Waals surface area contributed by atoms with Crippen LogP contribution in [0.3, 0.4) is 0 Å². The molecule has 0 saturated carbocycles. The summed E-state index contributed by atoms with van der Waals surface area (Å²) in [5.74, 6) is 1.67. The van der Waals surface area contributed by atoms with Gasteiger partial charge in [-0.25, -0.2) is 4.68 Å². The molecule has 2 heterocycles. The van der Waals surface area contributed by atoms with Crippen LogP contribution in [0.5, 0.6) is 5.75 Å². The van der Waals surface area contributed by atoms with Crippen LogP contribution in [0.1, 0.15) is 18.4 Å². The van der Waals surface area contributed by atoms with Crippen LogP contribution in [0.4, 0.5) is 5.82 Å². The van der Waals surface area contributed by atoms with E-state index < -0.39 is 0 Å². The molecule has 3 aromatic rings. The number of nitrogens with zero attached hydrogens (tertiary/aromatic N) is 2. The fourth-order valence-corrected chi connectivity index (χ4v) is 3.94. The van der Waals surface area contributed by atoms with Crippen LogP contribution in [0, 0.1) is 0 Å². The summed E-state index contributed by atoms with van der Waals surface area (Å²) in [6, 6.07) is 10.9. The Kier molecular flexibility index (Phi) is 5.22. The van der Waals surface area contributed by atoms with Gasteiger partial charge in [-0.15, -0.1) is 0 Å². The van der Waals surface area contributed by atoms with E-state index in [9.17, 15) is 0 Å². The van der Waals surface area contributed by atoms with Gasteiger partial charge in [-0.2, -0.15) is 5.10 Å². The van der Waals surface area contributed by atoms with Gasteiger partial charge in [0.15, 0.2) is 0 Å². The van der Waals surface area contributed by atoms with Crippen molar-refractivity contribution < 1.29 is 4.74 Å². The lowest BCUT2D eigenvalue weighted by Crippen LogP contribution is -2.07. The topological polar surface area (TPSA) is 39.1 Å². The van der Waals surface area contributed by atoms with Crippen LogP contribution in [0.2, 0.25) is 15.1 Å². The van der Waals surface area contributed by atoms with E-state index in [1.54, 1.807) is 19.2 Å². The quantitative estimate of drug-likeness (QED) is 0.541. The van der Waals surface area contributed by atoms with E-state index in [4.69, 9.17) is 44.6 Å².